The Bertz CT molecular complexity index is 272. The topological polar surface area (TPSA) is 49.9 Å². The smallest absolute Gasteiger partial charge is 0.0990 e. The summed E-state index contributed by atoms with van der Waals surface area (Å²) in [6, 6.07) is 9.96. The maximum Gasteiger partial charge on any atom is 0.0990 e. The molecule has 0 bridgehead atoms. The highest BCUT2D eigenvalue weighted by molar-refractivity contribution is 7.98. The van der Waals surface area contributed by atoms with Gasteiger partial charge < -0.3 is 5.73 Å². The summed E-state index contributed by atoms with van der Waals surface area (Å²) in [4.78, 5) is 0. The second-order valence-corrected chi connectivity index (χ2v) is 3.78. The van der Waals surface area contributed by atoms with E-state index in [0.717, 1.165) is 11.3 Å². The van der Waals surface area contributed by atoms with E-state index >= 15 is 0 Å². The summed E-state index contributed by atoms with van der Waals surface area (Å²) in [5.74, 6) is 1.19. The van der Waals surface area contributed by atoms with Crippen molar-refractivity contribution in [1.29, 1.82) is 5.41 Å². The molecule has 0 aliphatic rings. The van der Waals surface area contributed by atoms with Crippen LogP contribution in [0.15, 0.2) is 30.3 Å². The Hall–Kier alpha value is -0.960. The highest BCUT2D eigenvalue weighted by Gasteiger charge is 2.12. The number of thioether (sulfide) groups is 1. The van der Waals surface area contributed by atoms with Gasteiger partial charge in [0.05, 0.1) is 5.84 Å². The van der Waals surface area contributed by atoms with Crippen LogP contribution < -0.4 is 5.73 Å². The number of nitrogens with two attached hydrogens (primary N) is 1. The first kappa shape index (κ1) is 10.1. The first-order valence-electron chi connectivity index (χ1n) is 4.13. The normalized spacial score (nSPS) is 12.4. The zero-order valence-corrected chi connectivity index (χ0v) is 8.47. The molecule has 0 radical (unpaired) electrons. The molecule has 0 aliphatic heterocycles. The van der Waals surface area contributed by atoms with Crippen LogP contribution in [0.25, 0.3) is 0 Å². The van der Waals surface area contributed by atoms with Crippen LogP contribution >= 0.6 is 11.8 Å². The van der Waals surface area contributed by atoms with E-state index in [0.29, 0.717) is 0 Å². The third-order valence-electron chi connectivity index (χ3n) is 1.91. The fourth-order valence-electron chi connectivity index (χ4n) is 1.22. The lowest BCUT2D eigenvalue weighted by molar-refractivity contribution is 1.01. The zero-order valence-electron chi connectivity index (χ0n) is 7.66. The van der Waals surface area contributed by atoms with Crippen molar-refractivity contribution in [2.75, 3.05) is 12.0 Å². The number of benzene rings is 1. The average Bonchev–Trinajstić information content (AvgIpc) is 2.15. The maximum atomic E-state index is 7.46. The van der Waals surface area contributed by atoms with Gasteiger partial charge in [-0.15, -0.1) is 0 Å². The van der Waals surface area contributed by atoms with Crippen molar-refractivity contribution in [2.24, 2.45) is 5.73 Å². The predicted octanol–water partition coefficient (Wildman–Crippen LogP) is 2.07. The molecule has 1 unspecified atom stereocenters. The van der Waals surface area contributed by atoms with Gasteiger partial charge in [-0.2, -0.15) is 11.8 Å². The molecule has 0 fully saturated rings. The number of rotatable bonds is 4. The molecule has 3 N–H and O–H groups in total. The molecule has 1 aromatic rings. The second kappa shape index (κ2) is 4.92. The fourth-order valence-corrected chi connectivity index (χ4v) is 1.92. The van der Waals surface area contributed by atoms with Crippen molar-refractivity contribution in [3.8, 4) is 0 Å². The second-order valence-electron chi connectivity index (χ2n) is 2.87. The Labute approximate surface area is 83.0 Å². The van der Waals surface area contributed by atoms with Crippen molar-refractivity contribution in [3.05, 3.63) is 35.9 Å². The molecule has 0 spiro atoms. The Morgan fingerprint density at radius 2 is 2.08 bits per heavy atom. The van der Waals surface area contributed by atoms with Crippen LogP contribution in [0.1, 0.15) is 11.5 Å². The molecule has 1 aromatic carbocycles. The van der Waals surface area contributed by atoms with Crippen molar-refractivity contribution in [1.82, 2.24) is 0 Å². The Morgan fingerprint density at radius 3 is 2.54 bits per heavy atom. The van der Waals surface area contributed by atoms with Gasteiger partial charge in [-0.25, -0.2) is 0 Å². The van der Waals surface area contributed by atoms with Crippen molar-refractivity contribution in [2.45, 2.75) is 5.92 Å². The minimum Gasteiger partial charge on any atom is -0.387 e. The minimum atomic E-state index is 0.0659. The van der Waals surface area contributed by atoms with E-state index in [-0.39, 0.29) is 11.8 Å². The molecule has 70 valence electrons. The Balaban J connectivity index is 2.82. The summed E-state index contributed by atoms with van der Waals surface area (Å²) in [7, 11) is 0. The molecule has 1 atom stereocenters. The summed E-state index contributed by atoms with van der Waals surface area (Å²) in [6.45, 7) is 0. The molecule has 0 amide bonds. The number of hydrogen-bond acceptors (Lipinski definition) is 2. The molecule has 0 heterocycles. The van der Waals surface area contributed by atoms with Gasteiger partial charge in [0.1, 0.15) is 0 Å². The average molecular weight is 194 g/mol. The van der Waals surface area contributed by atoms with Crippen molar-refractivity contribution in [3.63, 3.8) is 0 Å². The van der Waals surface area contributed by atoms with Gasteiger partial charge >= 0.3 is 0 Å². The first-order chi connectivity index (χ1) is 6.25. The van der Waals surface area contributed by atoms with E-state index in [9.17, 15) is 0 Å². The number of amidine groups is 1. The Kier molecular flexibility index (Phi) is 3.83. The molecule has 0 aromatic heterocycles. The van der Waals surface area contributed by atoms with Crippen LogP contribution in [0.4, 0.5) is 0 Å². The molecule has 0 saturated carbocycles. The molecule has 1 rings (SSSR count). The standard InChI is InChI=1S/C10H14N2S/c1-13-7-9(10(11)12)8-5-3-2-4-6-8/h2-6,9H,7H2,1H3,(H3,11,12). The molecular weight excluding hydrogens is 180 g/mol. The van der Waals surface area contributed by atoms with Gasteiger partial charge in [-0.3, -0.25) is 5.41 Å². The summed E-state index contributed by atoms with van der Waals surface area (Å²) in [5.41, 5.74) is 6.65. The fraction of sp³-hybridized carbons (Fsp3) is 0.300. The van der Waals surface area contributed by atoms with Crippen LogP contribution in [0, 0.1) is 5.41 Å². The van der Waals surface area contributed by atoms with Gasteiger partial charge in [0.25, 0.3) is 0 Å². The van der Waals surface area contributed by atoms with Crippen molar-refractivity contribution >= 4 is 17.6 Å². The monoisotopic (exact) mass is 194 g/mol. The van der Waals surface area contributed by atoms with Crippen LogP contribution in [-0.4, -0.2) is 17.8 Å². The van der Waals surface area contributed by atoms with E-state index in [4.69, 9.17) is 11.1 Å². The molecule has 3 heteroatoms. The number of nitrogens with one attached hydrogen (secondary N) is 1. The summed E-state index contributed by atoms with van der Waals surface area (Å²) in [6.07, 6.45) is 2.03. The third-order valence-corrected chi connectivity index (χ3v) is 2.58. The lowest BCUT2D eigenvalue weighted by atomic mass is 10.0. The highest BCUT2D eigenvalue weighted by atomic mass is 32.2. The summed E-state index contributed by atoms with van der Waals surface area (Å²) in [5, 5.41) is 7.46. The quantitative estimate of drug-likeness (QED) is 0.569. The summed E-state index contributed by atoms with van der Waals surface area (Å²) >= 11 is 1.71. The van der Waals surface area contributed by atoms with Crippen LogP contribution in [-0.2, 0) is 0 Å². The number of hydrogen-bond donors (Lipinski definition) is 2. The van der Waals surface area contributed by atoms with Crippen LogP contribution in [0.2, 0.25) is 0 Å². The van der Waals surface area contributed by atoms with E-state index in [1.165, 1.54) is 0 Å². The van der Waals surface area contributed by atoms with Crippen LogP contribution in [0.3, 0.4) is 0 Å². The predicted molar refractivity (Wildman–Crippen MR) is 59.5 cm³/mol. The van der Waals surface area contributed by atoms with Gasteiger partial charge in [-0.05, 0) is 11.8 Å². The minimum absolute atomic E-state index is 0.0659. The maximum absolute atomic E-state index is 7.46. The summed E-state index contributed by atoms with van der Waals surface area (Å²) < 4.78 is 0. The van der Waals surface area contributed by atoms with Gasteiger partial charge in [0.15, 0.2) is 0 Å². The lowest BCUT2D eigenvalue weighted by Crippen LogP contribution is -2.22. The van der Waals surface area contributed by atoms with E-state index in [1.807, 2.05) is 36.6 Å². The molecule has 2 nitrogen and oxygen atoms in total. The van der Waals surface area contributed by atoms with Gasteiger partial charge in [0, 0.05) is 11.7 Å². The van der Waals surface area contributed by atoms with E-state index in [2.05, 4.69) is 0 Å². The molecule has 0 saturated heterocycles. The van der Waals surface area contributed by atoms with Crippen LogP contribution in [0.5, 0.6) is 0 Å². The zero-order chi connectivity index (χ0) is 9.68. The Morgan fingerprint density at radius 1 is 1.46 bits per heavy atom. The van der Waals surface area contributed by atoms with E-state index in [1.54, 1.807) is 11.8 Å². The van der Waals surface area contributed by atoms with E-state index < -0.39 is 0 Å². The largest absolute Gasteiger partial charge is 0.387 e. The third kappa shape index (κ3) is 2.77. The van der Waals surface area contributed by atoms with Gasteiger partial charge in [0.2, 0.25) is 0 Å². The lowest BCUT2D eigenvalue weighted by Gasteiger charge is -2.13. The van der Waals surface area contributed by atoms with Crippen molar-refractivity contribution < 1.29 is 0 Å². The molecular formula is C10H14N2S. The SMILES string of the molecule is CSCC(C(=N)N)c1ccccc1. The molecule has 13 heavy (non-hydrogen) atoms. The highest BCUT2D eigenvalue weighted by Crippen LogP contribution is 2.18. The van der Waals surface area contributed by atoms with Gasteiger partial charge in [-0.1, -0.05) is 30.3 Å². The first-order valence-corrected chi connectivity index (χ1v) is 5.53. The molecule has 0 aliphatic carbocycles.